The maximum Gasteiger partial charge on any atom is 0.246 e. The summed E-state index contributed by atoms with van der Waals surface area (Å²) in [7, 11) is 0. The Kier molecular flexibility index (Phi) is 4.99. The fourth-order valence-electron chi connectivity index (χ4n) is 4.22. The minimum absolute atomic E-state index is 0.0150. The Morgan fingerprint density at radius 2 is 2.00 bits per heavy atom. The van der Waals surface area contributed by atoms with Gasteiger partial charge < -0.3 is 9.80 Å². The van der Waals surface area contributed by atoms with Crippen molar-refractivity contribution in [3.8, 4) is 0 Å². The zero-order chi connectivity index (χ0) is 19.7. The molecule has 5 heteroatoms. The Bertz CT molecular complexity index is 923. The Labute approximate surface area is 165 Å². The SMILES string of the molecule is Cc1cc(CN2C(=O)C[C@H]3[C@@H]2CCN3C(=O)/C=C/c2ccccc2)cnc1C. The van der Waals surface area contributed by atoms with Gasteiger partial charge in [-0.2, -0.15) is 0 Å². The van der Waals surface area contributed by atoms with Gasteiger partial charge in [0.05, 0.1) is 12.1 Å². The van der Waals surface area contributed by atoms with Crippen LogP contribution in [0, 0.1) is 13.8 Å². The largest absolute Gasteiger partial charge is 0.334 e. The van der Waals surface area contributed by atoms with Crippen molar-refractivity contribution < 1.29 is 9.59 Å². The van der Waals surface area contributed by atoms with Crippen molar-refractivity contribution in [3.63, 3.8) is 0 Å². The summed E-state index contributed by atoms with van der Waals surface area (Å²) in [6, 6.07) is 12.0. The van der Waals surface area contributed by atoms with E-state index in [1.165, 1.54) is 0 Å². The van der Waals surface area contributed by atoms with Crippen LogP contribution in [0.1, 0.15) is 35.2 Å². The van der Waals surface area contributed by atoms with Crippen LogP contribution in [0.5, 0.6) is 0 Å². The number of benzene rings is 1. The van der Waals surface area contributed by atoms with E-state index in [9.17, 15) is 9.59 Å². The van der Waals surface area contributed by atoms with E-state index in [1.807, 2.05) is 66.3 Å². The van der Waals surface area contributed by atoms with Crippen molar-refractivity contribution in [2.24, 2.45) is 0 Å². The first-order valence-electron chi connectivity index (χ1n) is 9.78. The first kappa shape index (κ1) is 18.4. The molecule has 28 heavy (non-hydrogen) atoms. The summed E-state index contributed by atoms with van der Waals surface area (Å²) < 4.78 is 0. The van der Waals surface area contributed by atoms with Gasteiger partial charge >= 0.3 is 0 Å². The second kappa shape index (κ2) is 7.58. The van der Waals surface area contributed by atoms with Crippen LogP contribution in [0.25, 0.3) is 6.08 Å². The van der Waals surface area contributed by atoms with Crippen LogP contribution in [0.15, 0.2) is 48.7 Å². The monoisotopic (exact) mass is 375 g/mol. The summed E-state index contributed by atoms with van der Waals surface area (Å²) in [6.07, 6.45) is 6.56. The van der Waals surface area contributed by atoms with E-state index in [-0.39, 0.29) is 23.9 Å². The van der Waals surface area contributed by atoms with Crippen molar-refractivity contribution in [2.75, 3.05) is 6.54 Å². The molecule has 2 fully saturated rings. The highest BCUT2D eigenvalue weighted by Crippen LogP contribution is 2.33. The number of hydrogen-bond donors (Lipinski definition) is 0. The molecule has 0 unspecified atom stereocenters. The number of aryl methyl sites for hydroxylation is 2. The number of rotatable bonds is 4. The molecule has 2 aliphatic rings. The Morgan fingerprint density at radius 3 is 2.75 bits per heavy atom. The molecule has 3 heterocycles. The van der Waals surface area contributed by atoms with E-state index < -0.39 is 0 Å². The molecule has 2 atom stereocenters. The highest BCUT2D eigenvalue weighted by Gasteiger charge is 2.47. The molecule has 0 bridgehead atoms. The second-order valence-electron chi connectivity index (χ2n) is 7.67. The number of aromatic nitrogens is 1. The van der Waals surface area contributed by atoms with Gasteiger partial charge in [0.2, 0.25) is 11.8 Å². The standard InChI is InChI=1S/C23H25N3O2/c1-16-12-19(14-24-17(16)2)15-26-20-10-11-25(21(20)13-23(26)28)22(27)9-8-18-6-4-3-5-7-18/h3-9,12,14,20-21H,10-11,13,15H2,1-2H3/b9-8+/t20-,21-/m0/s1. The quantitative estimate of drug-likeness (QED) is 0.772. The van der Waals surface area contributed by atoms with E-state index in [0.717, 1.165) is 28.8 Å². The Balaban J connectivity index is 1.45. The number of amides is 2. The first-order valence-corrected chi connectivity index (χ1v) is 9.78. The van der Waals surface area contributed by atoms with E-state index >= 15 is 0 Å². The van der Waals surface area contributed by atoms with Crippen molar-refractivity contribution in [1.29, 1.82) is 0 Å². The van der Waals surface area contributed by atoms with Crippen LogP contribution in [-0.4, -0.2) is 45.2 Å². The third kappa shape index (κ3) is 3.57. The highest BCUT2D eigenvalue weighted by molar-refractivity contribution is 5.93. The lowest BCUT2D eigenvalue weighted by Crippen LogP contribution is -2.39. The summed E-state index contributed by atoms with van der Waals surface area (Å²) >= 11 is 0. The molecule has 2 aromatic rings. The molecular formula is C23H25N3O2. The Morgan fingerprint density at radius 1 is 1.21 bits per heavy atom. The number of carbonyl (C=O) groups is 2. The zero-order valence-electron chi connectivity index (χ0n) is 16.3. The lowest BCUT2D eigenvalue weighted by Gasteiger charge is -2.25. The normalized spacial score (nSPS) is 21.6. The maximum atomic E-state index is 12.7. The number of pyridine rings is 1. The predicted octanol–water partition coefficient (Wildman–Crippen LogP) is 3.11. The van der Waals surface area contributed by atoms with Crippen molar-refractivity contribution >= 4 is 17.9 Å². The molecule has 1 aromatic heterocycles. The minimum atomic E-state index is -0.0278. The maximum absolute atomic E-state index is 12.7. The second-order valence-corrected chi connectivity index (χ2v) is 7.67. The highest BCUT2D eigenvalue weighted by atomic mass is 16.2. The summed E-state index contributed by atoms with van der Waals surface area (Å²) in [5.74, 6) is 0.108. The minimum Gasteiger partial charge on any atom is -0.334 e. The number of nitrogens with zero attached hydrogens (tertiary/aromatic N) is 3. The first-order chi connectivity index (χ1) is 13.5. The summed E-state index contributed by atoms with van der Waals surface area (Å²) in [6.45, 7) is 5.29. The van der Waals surface area contributed by atoms with Gasteiger partial charge in [-0.05, 0) is 43.0 Å². The molecule has 0 aliphatic carbocycles. The lowest BCUT2D eigenvalue weighted by atomic mass is 10.1. The molecule has 0 N–H and O–H groups in total. The van der Waals surface area contributed by atoms with Crippen LogP contribution in [0.2, 0.25) is 0 Å². The van der Waals surface area contributed by atoms with E-state index in [1.54, 1.807) is 6.08 Å². The molecule has 144 valence electrons. The van der Waals surface area contributed by atoms with Gasteiger partial charge in [-0.15, -0.1) is 0 Å². The van der Waals surface area contributed by atoms with Crippen LogP contribution >= 0.6 is 0 Å². The van der Waals surface area contributed by atoms with Crippen molar-refractivity contribution in [1.82, 2.24) is 14.8 Å². The molecule has 0 spiro atoms. The van der Waals surface area contributed by atoms with Crippen LogP contribution in [-0.2, 0) is 16.1 Å². The number of likely N-dealkylation sites (tertiary alicyclic amines) is 2. The lowest BCUT2D eigenvalue weighted by molar-refractivity contribution is -0.129. The van der Waals surface area contributed by atoms with Gasteiger partial charge in [0.15, 0.2) is 0 Å². The molecule has 0 radical (unpaired) electrons. The zero-order valence-corrected chi connectivity index (χ0v) is 16.3. The van der Waals surface area contributed by atoms with Gasteiger partial charge in [-0.3, -0.25) is 14.6 Å². The molecule has 2 aliphatic heterocycles. The summed E-state index contributed by atoms with van der Waals surface area (Å²) in [5.41, 5.74) is 4.19. The molecule has 2 amide bonds. The van der Waals surface area contributed by atoms with Crippen molar-refractivity contribution in [2.45, 2.75) is 45.3 Å². The fourth-order valence-corrected chi connectivity index (χ4v) is 4.22. The van der Waals surface area contributed by atoms with Crippen molar-refractivity contribution in [3.05, 3.63) is 71.1 Å². The van der Waals surface area contributed by atoms with Crippen LogP contribution < -0.4 is 0 Å². The molecule has 4 rings (SSSR count). The van der Waals surface area contributed by atoms with E-state index in [2.05, 4.69) is 11.1 Å². The molecule has 5 nitrogen and oxygen atoms in total. The van der Waals surface area contributed by atoms with Crippen LogP contribution in [0.3, 0.4) is 0 Å². The topological polar surface area (TPSA) is 53.5 Å². The molecule has 0 saturated carbocycles. The number of carbonyl (C=O) groups excluding carboxylic acids is 2. The summed E-state index contributed by atoms with van der Waals surface area (Å²) in [4.78, 5) is 33.6. The predicted molar refractivity (Wildman–Crippen MR) is 108 cm³/mol. The Hall–Kier alpha value is -2.95. The van der Waals surface area contributed by atoms with Gasteiger partial charge in [-0.25, -0.2) is 0 Å². The number of hydrogen-bond acceptors (Lipinski definition) is 3. The fraction of sp³-hybridized carbons (Fsp3) is 0.348. The van der Waals surface area contributed by atoms with Gasteiger partial charge in [0.25, 0.3) is 0 Å². The van der Waals surface area contributed by atoms with Gasteiger partial charge in [0.1, 0.15) is 0 Å². The molecule has 2 saturated heterocycles. The smallest absolute Gasteiger partial charge is 0.246 e. The van der Waals surface area contributed by atoms with Gasteiger partial charge in [-0.1, -0.05) is 36.4 Å². The third-order valence-corrected chi connectivity index (χ3v) is 5.87. The van der Waals surface area contributed by atoms with E-state index in [0.29, 0.717) is 19.5 Å². The number of fused-ring (bicyclic) bond motifs is 1. The molecule has 1 aromatic carbocycles. The van der Waals surface area contributed by atoms with E-state index in [4.69, 9.17) is 0 Å². The van der Waals surface area contributed by atoms with Crippen LogP contribution in [0.4, 0.5) is 0 Å². The third-order valence-electron chi connectivity index (χ3n) is 5.87. The summed E-state index contributed by atoms with van der Waals surface area (Å²) in [5, 5.41) is 0. The van der Waals surface area contributed by atoms with Gasteiger partial charge in [0, 0.05) is 37.5 Å². The average molecular weight is 375 g/mol. The molecular weight excluding hydrogens is 350 g/mol. The average Bonchev–Trinajstić information content (AvgIpc) is 3.23.